The van der Waals surface area contributed by atoms with E-state index in [9.17, 15) is 116 Å². The number of rotatable bonds is 23. The number of methoxy groups -OCH3 is 3. The fourth-order valence-corrected chi connectivity index (χ4v) is 2.70. The minimum Gasteiger partial charge on any atom is -0.481 e. The summed E-state index contributed by atoms with van der Waals surface area (Å²) in [6, 6.07) is -3.67. The Labute approximate surface area is 452 Å². The number of carboxylic acids is 3. The van der Waals surface area contributed by atoms with Gasteiger partial charge in [-0.1, -0.05) is 0 Å². The number of esters is 9. The molecule has 0 rings (SSSR count). The molecule has 0 aliphatic rings. The van der Waals surface area contributed by atoms with E-state index in [-0.39, 0.29) is 6.54 Å². The largest absolute Gasteiger partial charge is 0.481 e. The van der Waals surface area contributed by atoms with Crippen molar-refractivity contribution in [3.05, 3.63) is 36.5 Å². The molecule has 0 aromatic heterocycles. The number of aliphatic carboxylic acids is 3. The number of carbonyl (C=O) groups excluding carboxylic acids is 13. The molecule has 0 radical (unpaired) electrons. The lowest BCUT2D eigenvalue weighted by atomic mass is 10.2. The van der Waals surface area contributed by atoms with Gasteiger partial charge in [0.1, 0.15) is 18.9 Å². The molecule has 0 saturated carbocycles. The molecule has 41 heteroatoms. The summed E-state index contributed by atoms with van der Waals surface area (Å²) in [6.45, 7) is -0.944. The molecule has 1 amide bonds. The maximum atomic E-state index is 11.6. The number of carbonyl (C=O) groups is 16. The van der Waals surface area contributed by atoms with Crippen LogP contribution in [0.4, 0.5) is 39.5 Å². The quantitative estimate of drug-likeness (QED) is 0.0169. The fourth-order valence-electron chi connectivity index (χ4n) is 2.70. The lowest BCUT2D eigenvalue weighted by molar-refractivity contribution is -0.408. The average molecular weight is 1220 g/mol. The van der Waals surface area contributed by atoms with Crippen molar-refractivity contribution >= 4 is 94.9 Å². The molecule has 0 bridgehead atoms. The lowest BCUT2D eigenvalue weighted by Crippen LogP contribution is -2.66. The van der Waals surface area contributed by atoms with Crippen molar-refractivity contribution < 1.29 is 191 Å². The number of hydrogen-bond donors (Lipinski definition) is 7. The average Bonchev–Trinajstić information content (AvgIpc) is 3.35. The lowest BCUT2D eigenvalue weighted by Gasteiger charge is -2.14. The van der Waals surface area contributed by atoms with Crippen LogP contribution >= 0.6 is 0 Å². The fraction of sp³-hybridized carbons (Fsp3) is 0.463. The molecule has 0 aliphatic carbocycles. The van der Waals surface area contributed by atoms with Gasteiger partial charge in [-0.3, -0.25) is 33.6 Å². The molecule has 0 aromatic carbocycles. The Bertz CT molecular complexity index is 2220. The SMILES string of the molecule is CC(=O)C(F)(F)F.CC(=O)C(F)(F)F.CC(=O)C(F)(F)F.COC(=O)/C=C/C(=O)OCOC(=O)C[C@H]([NH3+])C(=O)O.COC(=O)/C=C/C(=O)OCOC(=O)[C@@H]([NH3+])CC(=O)O.COC(=O)/C=C/C(=O)OCOC(=O)[C@H](CC(=O)O)NC(=O)C[NH3+]. The van der Waals surface area contributed by atoms with Crippen LogP contribution in [0.2, 0.25) is 0 Å². The first-order chi connectivity index (χ1) is 37.3. The van der Waals surface area contributed by atoms with Crippen LogP contribution in [0.5, 0.6) is 0 Å². The zero-order chi connectivity index (χ0) is 65.7. The molecule has 82 heavy (non-hydrogen) atoms. The first-order valence-corrected chi connectivity index (χ1v) is 20.8. The Morgan fingerprint density at radius 2 is 0.720 bits per heavy atom. The minimum absolute atomic E-state index is 0.198. The van der Waals surface area contributed by atoms with Crippen molar-refractivity contribution in [3.63, 3.8) is 0 Å². The van der Waals surface area contributed by atoms with E-state index in [1.165, 1.54) is 0 Å². The van der Waals surface area contributed by atoms with Gasteiger partial charge in [0.15, 0.2) is 18.6 Å². The number of Topliss-reactive ketones (excluding diaryl/α,β-unsaturated/α-hetero) is 3. The van der Waals surface area contributed by atoms with Crippen LogP contribution in [0.1, 0.15) is 40.0 Å². The summed E-state index contributed by atoms with van der Waals surface area (Å²) in [7, 11) is 3.39. The van der Waals surface area contributed by atoms with E-state index < -0.39 is 171 Å². The van der Waals surface area contributed by atoms with Gasteiger partial charge in [0.05, 0.1) is 27.8 Å². The molecule has 13 N–H and O–H groups in total. The van der Waals surface area contributed by atoms with Gasteiger partial charge < -0.3 is 80.5 Å². The van der Waals surface area contributed by atoms with Crippen molar-refractivity contribution in [1.29, 1.82) is 0 Å². The Hall–Kier alpha value is -9.41. The summed E-state index contributed by atoms with van der Waals surface area (Å²) in [6.07, 6.45) is -10.8. The number of nitrogens with one attached hydrogen (secondary N) is 1. The highest BCUT2D eigenvalue weighted by Crippen LogP contribution is 2.15. The summed E-state index contributed by atoms with van der Waals surface area (Å²) in [5.74, 6) is -17.7. The monoisotopic (exact) mass is 1220 g/mol. The Morgan fingerprint density at radius 3 is 0.976 bits per heavy atom. The van der Waals surface area contributed by atoms with Crippen molar-refractivity contribution in [2.75, 3.05) is 48.3 Å². The predicted molar refractivity (Wildman–Crippen MR) is 235 cm³/mol. The second-order valence-electron chi connectivity index (χ2n) is 13.4. The van der Waals surface area contributed by atoms with Crippen LogP contribution in [0.25, 0.3) is 0 Å². The van der Waals surface area contributed by atoms with Crippen molar-refractivity contribution in [2.45, 2.75) is 76.7 Å². The van der Waals surface area contributed by atoms with Crippen LogP contribution in [-0.4, -0.2) is 195 Å². The van der Waals surface area contributed by atoms with Crippen molar-refractivity contribution in [3.8, 4) is 0 Å². The summed E-state index contributed by atoms with van der Waals surface area (Å²) in [5.41, 5.74) is 9.76. The van der Waals surface area contributed by atoms with Gasteiger partial charge in [0, 0.05) is 57.2 Å². The number of ether oxygens (including phenoxy) is 9. The number of carboxylic acid groups (broad SMARTS) is 3. The molecular weight excluding hydrogens is 1170 g/mol. The molecule has 32 nitrogen and oxygen atoms in total. The third-order valence-corrected chi connectivity index (χ3v) is 6.84. The van der Waals surface area contributed by atoms with Gasteiger partial charge in [0.25, 0.3) is 5.91 Å². The number of amides is 1. The second-order valence-corrected chi connectivity index (χ2v) is 13.4. The molecule has 3 atom stereocenters. The van der Waals surface area contributed by atoms with Crippen LogP contribution in [0.15, 0.2) is 36.5 Å². The molecule has 0 saturated heterocycles. The summed E-state index contributed by atoms with van der Waals surface area (Å²) in [5, 5.41) is 27.7. The topological polar surface area (TPSA) is 512 Å². The Morgan fingerprint density at radius 1 is 0.439 bits per heavy atom. The number of halogens is 9. The molecule has 0 unspecified atom stereocenters. The molecule has 466 valence electrons. The summed E-state index contributed by atoms with van der Waals surface area (Å²) >= 11 is 0. The van der Waals surface area contributed by atoms with E-state index in [4.69, 9.17) is 15.3 Å². The number of hydrogen-bond acceptors (Lipinski definition) is 25. The van der Waals surface area contributed by atoms with E-state index >= 15 is 0 Å². The smallest absolute Gasteiger partial charge is 0.449 e. The van der Waals surface area contributed by atoms with Crippen LogP contribution < -0.4 is 22.5 Å². The van der Waals surface area contributed by atoms with Gasteiger partial charge in [0.2, 0.25) is 37.7 Å². The Kier molecular flexibility index (Phi) is 46.5. The highest BCUT2D eigenvalue weighted by Gasteiger charge is 2.35. The molecular formula is C41H54F9N4O28+3. The predicted octanol–water partition coefficient (Wildman–Crippen LogP) is -3.94. The third kappa shape index (κ3) is 56.8. The van der Waals surface area contributed by atoms with Gasteiger partial charge in [-0.25, -0.2) is 43.2 Å². The highest BCUT2D eigenvalue weighted by atomic mass is 19.4. The number of quaternary nitrogens is 3. The van der Waals surface area contributed by atoms with Gasteiger partial charge in [-0.2, -0.15) is 39.5 Å². The first kappa shape index (κ1) is 83.9. The zero-order valence-corrected chi connectivity index (χ0v) is 43.2. The highest BCUT2D eigenvalue weighted by molar-refractivity contribution is 5.93. The van der Waals surface area contributed by atoms with Gasteiger partial charge in [-0.05, 0) is 0 Å². The van der Waals surface area contributed by atoms with E-state index in [0.717, 1.165) is 57.8 Å². The summed E-state index contributed by atoms with van der Waals surface area (Å²) < 4.78 is 137. The molecule has 0 fully saturated rings. The van der Waals surface area contributed by atoms with E-state index in [1.54, 1.807) is 0 Å². The first-order valence-electron chi connectivity index (χ1n) is 20.8. The van der Waals surface area contributed by atoms with Crippen molar-refractivity contribution in [2.24, 2.45) is 0 Å². The molecule has 0 heterocycles. The Balaban J connectivity index is -0.000000225. The van der Waals surface area contributed by atoms with E-state index in [2.05, 4.69) is 65.1 Å². The van der Waals surface area contributed by atoms with Crippen molar-refractivity contribution in [1.82, 2.24) is 5.32 Å². The molecule has 0 aromatic rings. The molecule has 0 spiro atoms. The molecule has 0 aliphatic heterocycles. The minimum atomic E-state index is -4.64. The zero-order valence-electron chi connectivity index (χ0n) is 43.2. The standard InChI is InChI=1S/C12H16N2O9.2C10H13NO8.3C3H3F3O/c1-21-10(18)2-3-11(19)22-6-23-12(20)7(4-9(16)17)14-8(15)5-13;1-17-8(14)2-3-9(15)18-5-19-10(16)6(11)4-7(12)13;1-17-7(12)2-3-8(13)18-5-19-9(14)4-6(11)10(15)16;3*1-2(7)3(4,5)6/h2-3,7H,4-6,13H2,1H3,(H,14,15)(H,16,17);2-3,6H,4-5,11H2,1H3,(H,12,13);2-3,6H,4-5,11H2,1H3,(H,15,16);3*1H3/p+3/b3*3-2+;;;/t7-;2*6-;;;/m000.../s1. The van der Waals surface area contributed by atoms with Gasteiger partial charge >= 0.3 is 90.2 Å². The van der Waals surface area contributed by atoms with Gasteiger partial charge in [-0.15, -0.1) is 0 Å². The maximum absolute atomic E-state index is 11.6. The number of alkyl halides is 9. The van der Waals surface area contributed by atoms with E-state index in [1.807, 2.05) is 0 Å². The van der Waals surface area contributed by atoms with Crippen LogP contribution in [-0.2, 0) is 119 Å². The second kappa shape index (κ2) is 45.5. The van der Waals surface area contributed by atoms with Crippen LogP contribution in [0.3, 0.4) is 0 Å². The number of ketones is 3. The van der Waals surface area contributed by atoms with E-state index in [0.29, 0.717) is 20.8 Å². The summed E-state index contributed by atoms with van der Waals surface area (Å²) in [4.78, 5) is 169. The third-order valence-electron chi connectivity index (χ3n) is 6.84. The normalized spacial score (nSPS) is 11.5. The van der Waals surface area contributed by atoms with Crippen LogP contribution in [0, 0.1) is 0 Å². The maximum Gasteiger partial charge on any atom is 0.449 e.